The van der Waals surface area contributed by atoms with Gasteiger partial charge in [0.2, 0.25) is 0 Å². The third-order valence-electron chi connectivity index (χ3n) is 1.93. The van der Waals surface area contributed by atoms with E-state index in [4.69, 9.17) is 0 Å². The summed E-state index contributed by atoms with van der Waals surface area (Å²) in [5.74, 6) is -1.89. The Kier molecular flexibility index (Phi) is 3.41. The van der Waals surface area contributed by atoms with Crippen LogP contribution in [0.1, 0.15) is 25.7 Å². The van der Waals surface area contributed by atoms with Crippen LogP contribution in [0.3, 0.4) is 0 Å². The molecule has 0 N–H and O–H groups in total. The second-order valence-corrected chi connectivity index (χ2v) is 4.92. The van der Waals surface area contributed by atoms with Crippen LogP contribution >= 0.6 is 0 Å². The maximum absolute atomic E-state index is 11.8. The summed E-state index contributed by atoms with van der Waals surface area (Å²) in [5, 5.41) is 0. The molecule has 1 aliphatic carbocycles. The Balaban J connectivity index is 2.49. The second-order valence-electron chi connectivity index (χ2n) is 3.32. The van der Waals surface area contributed by atoms with Gasteiger partial charge >= 0.3 is 6.18 Å². The zero-order chi connectivity index (χ0) is 10.8. The first kappa shape index (κ1) is 11.8. The Labute approximate surface area is 80.4 Å². The highest BCUT2D eigenvalue weighted by atomic mass is 32.2. The van der Waals surface area contributed by atoms with Crippen molar-refractivity contribution < 1.29 is 25.8 Å². The van der Waals surface area contributed by atoms with Crippen LogP contribution in [0.15, 0.2) is 0 Å². The van der Waals surface area contributed by atoms with Crippen molar-refractivity contribution in [3.63, 3.8) is 0 Å². The predicted molar refractivity (Wildman–Crippen MR) is 43.2 cm³/mol. The molecule has 7 heteroatoms. The quantitative estimate of drug-likeness (QED) is 0.697. The highest BCUT2D eigenvalue weighted by molar-refractivity contribution is 7.86. The summed E-state index contributed by atoms with van der Waals surface area (Å²) >= 11 is 0. The third-order valence-corrected chi connectivity index (χ3v) is 3.17. The fourth-order valence-corrected chi connectivity index (χ4v) is 2.50. The van der Waals surface area contributed by atoms with E-state index in [0.717, 1.165) is 12.8 Å². The highest BCUT2D eigenvalue weighted by Gasteiger charge is 2.37. The largest absolute Gasteiger partial charge is 0.405 e. The van der Waals surface area contributed by atoms with Crippen molar-refractivity contribution in [2.75, 3.05) is 5.75 Å². The molecular weight excluding hydrogens is 221 g/mol. The summed E-state index contributed by atoms with van der Waals surface area (Å²) < 4.78 is 61.4. The lowest BCUT2D eigenvalue weighted by molar-refractivity contribution is -0.107. The maximum atomic E-state index is 11.8. The maximum Gasteiger partial charge on any atom is 0.405 e. The van der Waals surface area contributed by atoms with E-state index in [1.807, 2.05) is 0 Å². The topological polar surface area (TPSA) is 43.4 Å². The zero-order valence-corrected chi connectivity index (χ0v) is 8.20. The van der Waals surface area contributed by atoms with Gasteiger partial charge in [0.25, 0.3) is 10.1 Å². The van der Waals surface area contributed by atoms with Gasteiger partial charge in [0.1, 0.15) is 0 Å². The van der Waals surface area contributed by atoms with Crippen LogP contribution < -0.4 is 0 Å². The van der Waals surface area contributed by atoms with Crippen molar-refractivity contribution in [1.82, 2.24) is 0 Å². The predicted octanol–water partition coefficient (Wildman–Crippen LogP) is 1.84. The Hall–Kier alpha value is -0.300. The molecular formula is C7H11F3O3S. The van der Waals surface area contributed by atoms with Crippen LogP contribution in [-0.2, 0) is 14.3 Å². The molecule has 0 radical (unpaired) electrons. The standard InChI is InChI=1S/C7H11F3O3S/c8-7(9,10)5-14(11,12)13-6-3-1-2-4-6/h6H,1-5H2. The van der Waals surface area contributed by atoms with Crippen LogP contribution in [-0.4, -0.2) is 26.5 Å². The van der Waals surface area contributed by atoms with Gasteiger partial charge in [-0.1, -0.05) is 12.8 Å². The lowest BCUT2D eigenvalue weighted by Gasteiger charge is -2.12. The Bertz CT molecular complexity index is 277. The molecule has 0 unspecified atom stereocenters. The monoisotopic (exact) mass is 232 g/mol. The van der Waals surface area contributed by atoms with Crippen LogP contribution in [0.4, 0.5) is 13.2 Å². The van der Waals surface area contributed by atoms with Gasteiger partial charge in [0.05, 0.1) is 6.10 Å². The van der Waals surface area contributed by atoms with E-state index >= 15 is 0 Å². The van der Waals surface area contributed by atoms with Crippen molar-refractivity contribution in [3.05, 3.63) is 0 Å². The molecule has 0 aromatic carbocycles. The molecule has 1 fully saturated rings. The number of alkyl halides is 3. The molecule has 0 spiro atoms. The van der Waals surface area contributed by atoms with E-state index in [1.54, 1.807) is 0 Å². The van der Waals surface area contributed by atoms with Gasteiger partial charge < -0.3 is 0 Å². The molecule has 0 saturated heterocycles. The van der Waals surface area contributed by atoms with E-state index in [9.17, 15) is 21.6 Å². The van der Waals surface area contributed by atoms with Crippen molar-refractivity contribution in [3.8, 4) is 0 Å². The fourth-order valence-electron chi connectivity index (χ4n) is 1.43. The van der Waals surface area contributed by atoms with Gasteiger partial charge in [-0.15, -0.1) is 0 Å². The van der Waals surface area contributed by atoms with Crippen LogP contribution in [0.5, 0.6) is 0 Å². The number of hydrogen-bond donors (Lipinski definition) is 0. The molecule has 0 aromatic rings. The van der Waals surface area contributed by atoms with Crippen molar-refractivity contribution >= 4 is 10.1 Å². The summed E-state index contributed by atoms with van der Waals surface area (Å²) in [6.07, 6.45) is -2.60. The summed E-state index contributed by atoms with van der Waals surface area (Å²) in [7, 11) is -4.45. The minimum atomic E-state index is -4.72. The van der Waals surface area contributed by atoms with Gasteiger partial charge in [0.15, 0.2) is 5.75 Å². The Morgan fingerprint density at radius 2 is 1.71 bits per heavy atom. The SMILES string of the molecule is O=S(=O)(CC(F)(F)F)OC1CCCC1. The summed E-state index contributed by atoms with van der Waals surface area (Å²) in [4.78, 5) is 0. The first-order valence-corrected chi connectivity index (χ1v) is 5.84. The van der Waals surface area contributed by atoms with E-state index in [0.29, 0.717) is 12.8 Å². The molecule has 0 aliphatic heterocycles. The number of halogens is 3. The molecule has 14 heavy (non-hydrogen) atoms. The molecule has 0 aromatic heterocycles. The zero-order valence-electron chi connectivity index (χ0n) is 7.38. The van der Waals surface area contributed by atoms with Crippen molar-refractivity contribution in [1.29, 1.82) is 0 Å². The first-order chi connectivity index (χ1) is 6.29. The Morgan fingerprint density at radius 3 is 2.14 bits per heavy atom. The normalized spacial score (nSPS) is 20.2. The van der Waals surface area contributed by atoms with Gasteiger partial charge in [-0.25, -0.2) is 0 Å². The minimum Gasteiger partial charge on any atom is -0.267 e. The molecule has 1 saturated carbocycles. The fraction of sp³-hybridized carbons (Fsp3) is 1.00. The number of rotatable bonds is 3. The molecule has 3 nitrogen and oxygen atoms in total. The molecule has 1 rings (SSSR count). The Morgan fingerprint density at radius 1 is 1.21 bits per heavy atom. The van der Waals surface area contributed by atoms with E-state index in [-0.39, 0.29) is 0 Å². The van der Waals surface area contributed by atoms with E-state index in [1.165, 1.54) is 0 Å². The average Bonchev–Trinajstić information content (AvgIpc) is 2.31. The minimum absolute atomic E-state index is 0.525. The highest BCUT2D eigenvalue weighted by Crippen LogP contribution is 2.25. The van der Waals surface area contributed by atoms with Gasteiger partial charge in [-0.05, 0) is 12.8 Å². The van der Waals surface area contributed by atoms with Crippen molar-refractivity contribution in [2.24, 2.45) is 0 Å². The molecule has 84 valence electrons. The summed E-state index contributed by atoms with van der Waals surface area (Å²) in [5.41, 5.74) is 0. The second kappa shape index (κ2) is 4.06. The lowest BCUT2D eigenvalue weighted by Crippen LogP contribution is -2.27. The van der Waals surface area contributed by atoms with Crippen LogP contribution in [0, 0.1) is 0 Å². The van der Waals surface area contributed by atoms with Crippen molar-refractivity contribution in [2.45, 2.75) is 38.0 Å². The average molecular weight is 232 g/mol. The third kappa shape index (κ3) is 4.28. The molecule has 0 atom stereocenters. The van der Waals surface area contributed by atoms with Gasteiger partial charge in [-0.2, -0.15) is 21.6 Å². The van der Waals surface area contributed by atoms with E-state index < -0.39 is 28.2 Å². The van der Waals surface area contributed by atoms with Gasteiger partial charge in [0, 0.05) is 0 Å². The van der Waals surface area contributed by atoms with Gasteiger partial charge in [-0.3, -0.25) is 4.18 Å². The molecule has 0 bridgehead atoms. The molecule has 0 heterocycles. The molecule has 0 amide bonds. The van der Waals surface area contributed by atoms with Crippen LogP contribution in [0.2, 0.25) is 0 Å². The first-order valence-electron chi connectivity index (χ1n) is 4.26. The van der Waals surface area contributed by atoms with E-state index in [2.05, 4.69) is 4.18 Å². The number of hydrogen-bond acceptors (Lipinski definition) is 3. The summed E-state index contributed by atoms with van der Waals surface area (Å²) in [6, 6.07) is 0. The lowest BCUT2D eigenvalue weighted by atomic mass is 10.3. The molecule has 1 aliphatic rings. The summed E-state index contributed by atoms with van der Waals surface area (Å²) in [6.45, 7) is 0. The smallest absolute Gasteiger partial charge is 0.267 e. The van der Waals surface area contributed by atoms with Crippen LogP contribution in [0.25, 0.3) is 0 Å².